The fourth-order valence-corrected chi connectivity index (χ4v) is 4.17. The van der Waals surface area contributed by atoms with Gasteiger partial charge in [-0.2, -0.15) is 0 Å². The molecule has 5 rings (SSSR count). The van der Waals surface area contributed by atoms with Gasteiger partial charge in [0.2, 0.25) is 5.95 Å². The zero-order valence-electron chi connectivity index (χ0n) is 19.9. The molecule has 1 fully saturated rings. The number of likely N-dealkylation sites (N-methyl/N-ethyl adjacent to an activating group) is 1. The maximum atomic E-state index is 12.3. The molecule has 0 aliphatic carbocycles. The van der Waals surface area contributed by atoms with Gasteiger partial charge < -0.3 is 20.4 Å². The van der Waals surface area contributed by atoms with Crippen molar-refractivity contribution in [3.8, 4) is 11.1 Å². The highest BCUT2D eigenvalue weighted by molar-refractivity contribution is 6.00. The van der Waals surface area contributed by atoms with Gasteiger partial charge in [-0.1, -0.05) is 30.3 Å². The molecule has 0 unspecified atom stereocenters. The van der Waals surface area contributed by atoms with E-state index >= 15 is 0 Å². The van der Waals surface area contributed by atoms with Crippen LogP contribution in [0, 0.1) is 0 Å². The van der Waals surface area contributed by atoms with Gasteiger partial charge in [0.15, 0.2) is 0 Å². The predicted molar refractivity (Wildman–Crippen MR) is 141 cm³/mol. The van der Waals surface area contributed by atoms with Crippen molar-refractivity contribution < 1.29 is 9.18 Å². The van der Waals surface area contributed by atoms with Crippen LogP contribution in [0.2, 0.25) is 0 Å². The highest BCUT2D eigenvalue weighted by Gasteiger charge is 2.15. The molecule has 3 heterocycles. The topological polar surface area (TPSA) is 86.3 Å². The summed E-state index contributed by atoms with van der Waals surface area (Å²) in [6.45, 7) is 3.98. The van der Waals surface area contributed by atoms with Crippen LogP contribution >= 0.6 is 0 Å². The van der Waals surface area contributed by atoms with E-state index < -0.39 is 5.91 Å². The van der Waals surface area contributed by atoms with Crippen molar-refractivity contribution in [2.24, 2.45) is 0 Å². The van der Waals surface area contributed by atoms with E-state index in [0.29, 0.717) is 11.6 Å². The van der Waals surface area contributed by atoms with Crippen LogP contribution in [-0.2, 0) is 4.79 Å². The quantitative estimate of drug-likeness (QED) is 0.388. The molecule has 1 aliphatic heterocycles. The lowest BCUT2D eigenvalue weighted by Gasteiger charge is -2.33. The Balaban J connectivity index is 1.38. The highest BCUT2D eigenvalue weighted by Crippen LogP contribution is 2.30. The van der Waals surface area contributed by atoms with Crippen molar-refractivity contribution in [2.75, 3.05) is 48.8 Å². The van der Waals surface area contributed by atoms with Crippen molar-refractivity contribution in [2.45, 2.75) is 0 Å². The molecular weight excluding hydrogens is 457 g/mol. The minimum absolute atomic E-state index is 0.213. The van der Waals surface area contributed by atoms with E-state index in [2.05, 4.69) is 37.4 Å². The van der Waals surface area contributed by atoms with Crippen LogP contribution in [0.3, 0.4) is 0 Å². The van der Waals surface area contributed by atoms with E-state index in [-0.39, 0.29) is 6.33 Å². The molecule has 0 saturated carbocycles. The number of rotatable bonds is 6. The van der Waals surface area contributed by atoms with Crippen LogP contribution in [-0.4, -0.2) is 59.0 Å². The number of benzene rings is 2. The first-order valence-electron chi connectivity index (χ1n) is 11.7. The van der Waals surface area contributed by atoms with E-state index in [1.165, 1.54) is 0 Å². The summed E-state index contributed by atoms with van der Waals surface area (Å²) in [5.41, 5.74) is 3.88. The lowest BCUT2D eigenvalue weighted by Crippen LogP contribution is -2.44. The number of halogens is 1. The van der Waals surface area contributed by atoms with Crippen LogP contribution in [0.1, 0.15) is 0 Å². The summed E-state index contributed by atoms with van der Waals surface area (Å²) in [5.74, 6) is 0.889. The Hall–Kier alpha value is -4.37. The molecule has 4 aromatic rings. The van der Waals surface area contributed by atoms with Gasteiger partial charge in [-0.05, 0) is 36.9 Å². The Morgan fingerprint density at radius 2 is 1.81 bits per heavy atom. The fourth-order valence-electron chi connectivity index (χ4n) is 4.17. The van der Waals surface area contributed by atoms with Crippen molar-refractivity contribution in [3.05, 3.63) is 79.4 Å². The number of carbonyl (C=O) groups is 1. The number of hydrogen-bond acceptors (Lipinski definition) is 7. The minimum Gasteiger partial charge on any atom is -0.354 e. The average molecular weight is 484 g/mol. The average Bonchev–Trinajstić information content (AvgIpc) is 2.89. The van der Waals surface area contributed by atoms with Crippen molar-refractivity contribution in [3.63, 3.8) is 0 Å². The van der Waals surface area contributed by atoms with Crippen molar-refractivity contribution >= 4 is 40.0 Å². The number of fused-ring (bicyclic) bond motifs is 1. The summed E-state index contributed by atoms with van der Waals surface area (Å²) < 4.78 is 12.3. The normalized spacial score (nSPS) is 14.3. The van der Waals surface area contributed by atoms with Crippen molar-refractivity contribution in [1.82, 2.24) is 19.9 Å². The van der Waals surface area contributed by atoms with Gasteiger partial charge in [0, 0.05) is 55.1 Å². The number of anilines is 4. The Morgan fingerprint density at radius 3 is 2.58 bits per heavy atom. The summed E-state index contributed by atoms with van der Waals surface area (Å²) in [5, 5.41) is 6.79. The molecule has 0 spiro atoms. The lowest BCUT2D eigenvalue weighted by atomic mass is 10.0. The van der Waals surface area contributed by atoms with E-state index in [4.69, 9.17) is 4.98 Å². The molecule has 2 aromatic carbocycles. The Labute approximate surface area is 208 Å². The Bertz CT molecular complexity index is 1400. The first-order chi connectivity index (χ1) is 17.6. The van der Waals surface area contributed by atoms with Crippen LogP contribution in [0.25, 0.3) is 22.0 Å². The van der Waals surface area contributed by atoms with E-state index in [0.717, 1.165) is 65.8 Å². The Kier molecular flexibility index (Phi) is 6.81. The largest absolute Gasteiger partial charge is 0.354 e. The number of pyridine rings is 1. The monoisotopic (exact) mass is 483 g/mol. The second-order valence-electron chi connectivity index (χ2n) is 8.62. The SMILES string of the molecule is CN1CCN(c2ccc(Nc3ncc4cccc(-c5cccc(NC(=O)/C=C\F)c5)c4n3)cn2)CC1. The van der Waals surface area contributed by atoms with Crippen LogP contribution in [0.15, 0.2) is 79.4 Å². The number of piperazine rings is 1. The summed E-state index contributed by atoms with van der Waals surface area (Å²) in [6, 6.07) is 17.2. The maximum absolute atomic E-state index is 12.3. The third-order valence-electron chi connectivity index (χ3n) is 6.10. The fraction of sp³-hybridized carbons (Fsp3) is 0.185. The zero-order chi connectivity index (χ0) is 24.9. The summed E-state index contributed by atoms with van der Waals surface area (Å²) in [6.07, 6.45) is 4.62. The molecule has 0 radical (unpaired) electrons. The second kappa shape index (κ2) is 10.5. The van der Waals surface area contributed by atoms with Gasteiger partial charge >= 0.3 is 0 Å². The lowest BCUT2D eigenvalue weighted by molar-refractivity contribution is -0.111. The van der Waals surface area contributed by atoms with Crippen LogP contribution < -0.4 is 15.5 Å². The first-order valence-corrected chi connectivity index (χ1v) is 11.7. The number of carbonyl (C=O) groups excluding carboxylic acids is 1. The summed E-state index contributed by atoms with van der Waals surface area (Å²) >= 11 is 0. The number of nitrogens with zero attached hydrogens (tertiary/aromatic N) is 5. The van der Waals surface area contributed by atoms with Gasteiger partial charge in [0.1, 0.15) is 5.82 Å². The number of para-hydroxylation sites is 1. The zero-order valence-corrected chi connectivity index (χ0v) is 19.9. The van der Waals surface area contributed by atoms with E-state index in [9.17, 15) is 9.18 Å². The summed E-state index contributed by atoms with van der Waals surface area (Å²) in [7, 11) is 2.13. The van der Waals surface area contributed by atoms with Crippen LogP contribution in [0.4, 0.5) is 27.5 Å². The molecule has 182 valence electrons. The van der Waals surface area contributed by atoms with Gasteiger partial charge in [-0.15, -0.1) is 0 Å². The summed E-state index contributed by atoms with van der Waals surface area (Å²) in [4.78, 5) is 30.2. The number of hydrogen-bond donors (Lipinski definition) is 2. The third-order valence-corrected chi connectivity index (χ3v) is 6.10. The molecule has 2 N–H and O–H groups in total. The molecule has 36 heavy (non-hydrogen) atoms. The van der Waals surface area contributed by atoms with Gasteiger partial charge in [-0.3, -0.25) is 4.79 Å². The van der Waals surface area contributed by atoms with E-state index in [1.54, 1.807) is 18.5 Å². The first kappa shape index (κ1) is 23.4. The number of aromatic nitrogens is 3. The second-order valence-corrected chi connectivity index (χ2v) is 8.62. The highest BCUT2D eigenvalue weighted by atomic mass is 19.1. The third kappa shape index (κ3) is 5.31. The predicted octanol–water partition coefficient (Wildman–Crippen LogP) is 4.61. The standard InChI is InChI=1S/C27H26FN7O/c1-34-12-14-35(15-13-34)24-9-8-22(18-29-24)32-27-30-17-20-5-3-7-23(26(20)33-27)19-4-2-6-21(16-19)31-25(36)10-11-28/h2-11,16-18H,12-15H2,1H3,(H,31,36)(H,30,32,33)/b11-10-. The number of amides is 1. The van der Waals surface area contributed by atoms with Crippen LogP contribution in [0.5, 0.6) is 0 Å². The molecule has 1 saturated heterocycles. The molecule has 0 bridgehead atoms. The number of nitrogens with one attached hydrogen (secondary N) is 2. The smallest absolute Gasteiger partial charge is 0.250 e. The van der Waals surface area contributed by atoms with Gasteiger partial charge in [0.05, 0.1) is 23.7 Å². The van der Waals surface area contributed by atoms with Gasteiger partial charge in [-0.25, -0.2) is 19.3 Å². The molecule has 0 atom stereocenters. The van der Waals surface area contributed by atoms with Gasteiger partial charge in [0.25, 0.3) is 5.91 Å². The maximum Gasteiger partial charge on any atom is 0.250 e. The minimum atomic E-state index is -0.534. The molecule has 9 heteroatoms. The molecule has 1 amide bonds. The van der Waals surface area contributed by atoms with E-state index in [1.807, 2.05) is 48.5 Å². The van der Waals surface area contributed by atoms with Crippen molar-refractivity contribution in [1.29, 1.82) is 0 Å². The molecule has 8 nitrogen and oxygen atoms in total. The molecule has 2 aromatic heterocycles. The molecular formula is C27H26FN7O. The molecule has 1 aliphatic rings. The Morgan fingerprint density at radius 1 is 0.972 bits per heavy atom.